The lowest BCUT2D eigenvalue weighted by atomic mass is 10.2. The molecule has 0 fully saturated rings. The van der Waals surface area contributed by atoms with E-state index in [1.165, 1.54) is 6.08 Å². The monoisotopic (exact) mass is 350 g/mol. The van der Waals surface area contributed by atoms with Gasteiger partial charge in [-0.25, -0.2) is 4.79 Å². The van der Waals surface area contributed by atoms with Crippen LogP contribution in [0.5, 0.6) is 5.75 Å². The van der Waals surface area contributed by atoms with Crippen LogP contribution < -0.4 is 4.74 Å². The zero-order valence-electron chi connectivity index (χ0n) is 11.5. The van der Waals surface area contributed by atoms with Gasteiger partial charge in [0.05, 0.1) is 10.7 Å². The van der Waals surface area contributed by atoms with Crippen molar-refractivity contribution in [1.82, 2.24) is 9.78 Å². The number of carboxylic acids is 1. The molecule has 1 aromatic heterocycles. The Balaban J connectivity index is 2.02. The molecule has 1 N–H and O–H groups in total. The fourth-order valence-corrected chi connectivity index (χ4v) is 2.23. The Morgan fingerprint density at radius 1 is 1.52 bits per heavy atom. The summed E-state index contributed by atoms with van der Waals surface area (Å²) in [6.07, 6.45) is 6.35. The fourth-order valence-electron chi connectivity index (χ4n) is 1.72. The SMILES string of the molecule is CCn1cc(COc2ccc(C=CC(=O)O)cc2Br)cn1. The summed E-state index contributed by atoms with van der Waals surface area (Å²) in [5, 5.41) is 12.8. The maximum atomic E-state index is 10.5. The van der Waals surface area contributed by atoms with Gasteiger partial charge in [-0.2, -0.15) is 5.10 Å². The molecule has 0 aliphatic heterocycles. The number of halogens is 1. The van der Waals surface area contributed by atoms with Crippen molar-refractivity contribution in [2.24, 2.45) is 0 Å². The number of ether oxygens (including phenoxy) is 1. The van der Waals surface area contributed by atoms with Crippen molar-refractivity contribution >= 4 is 28.0 Å². The average molecular weight is 351 g/mol. The van der Waals surface area contributed by atoms with Crippen LogP contribution in [-0.4, -0.2) is 20.9 Å². The van der Waals surface area contributed by atoms with Crippen LogP contribution in [0.4, 0.5) is 0 Å². The third kappa shape index (κ3) is 4.46. The summed E-state index contributed by atoms with van der Waals surface area (Å²) >= 11 is 3.42. The van der Waals surface area contributed by atoms with Crippen LogP contribution in [0.3, 0.4) is 0 Å². The number of hydrogen-bond acceptors (Lipinski definition) is 3. The van der Waals surface area contributed by atoms with E-state index < -0.39 is 5.97 Å². The normalized spacial score (nSPS) is 11.0. The van der Waals surface area contributed by atoms with E-state index in [9.17, 15) is 4.79 Å². The first-order chi connectivity index (χ1) is 10.1. The van der Waals surface area contributed by atoms with Crippen LogP contribution >= 0.6 is 15.9 Å². The quantitative estimate of drug-likeness (QED) is 0.811. The van der Waals surface area contributed by atoms with Gasteiger partial charge in [0.1, 0.15) is 12.4 Å². The zero-order valence-corrected chi connectivity index (χ0v) is 13.1. The number of carbonyl (C=O) groups is 1. The van der Waals surface area contributed by atoms with Crippen molar-refractivity contribution in [3.05, 3.63) is 52.3 Å². The number of carboxylic acid groups (broad SMARTS) is 1. The Labute approximate surface area is 131 Å². The number of aryl methyl sites for hydroxylation is 1. The van der Waals surface area contributed by atoms with Gasteiger partial charge in [0.2, 0.25) is 0 Å². The molecule has 5 nitrogen and oxygen atoms in total. The minimum atomic E-state index is -0.973. The summed E-state index contributed by atoms with van der Waals surface area (Å²) in [5.74, 6) is -0.272. The molecule has 0 spiro atoms. The van der Waals surface area contributed by atoms with E-state index in [0.717, 1.165) is 28.2 Å². The predicted octanol–water partition coefficient (Wildman–Crippen LogP) is 3.34. The van der Waals surface area contributed by atoms with Crippen molar-refractivity contribution in [3.8, 4) is 5.75 Å². The van der Waals surface area contributed by atoms with E-state index in [1.54, 1.807) is 18.3 Å². The van der Waals surface area contributed by atoms with Gasteiger partial charge in [0.25, 0.3) is 0 Å². The van der Waals surface area contributed by atoms with E-state index in [2.05, 4.69) is 21.0 Å². The number of benzene rings is 1. The van der Waals surface area contributed by atoms with Gasteiger partial charge < -0.3 is 9.84 Å². The van der Waals surface area contributed by atoms with E-state index in [4.69, 9.17) is 9.84 Å². The van der Waals surface area contributed by atoms with Gasteiger partial charge in [-0.3, -0.25) is 4.68 Å². The van der Waals surface area contributed by atoms with Gasteiger partial charge in [0, 0.05) is 24.4 Å². The Bertz CT molecular complexity index is 665. The summed E-state index contributed by atoms with van der Waals surface area (Å²) in [6, 6.07) is 5.41. The van der Waals surface area contributed by atoms with Crippen LogP contribution in [-0.2, 0) is 17.9 Å². The Morgan fingerprint density at radius 3 is 2.95 bits per heavy atom. The minimum Gasteiger partial charge on any atom is -0.488 e. The Morgan fingerprint density at radius 2 is 2.33 bits per heavy atom. The third-order valence-corrected chi connectivity index (χ3v) is 3.40. The topological polar surface area (TPSA) is 64.3 Å². The molecule has 0 saturated heterocycles. The molecular formula is C15H15BrN2O3. The molecule has 2 rings (SSSR count). The van der Waals surface area contributed by atoms with Crippen LogP contribution in [0.15, 0.2) is 41.1 Å². The van der Waals surface area contributed by atoms with Crippen molar-refractivity contribution in [2.45, 2.75) is 20.1 Å². The summed E-state index contributed by atoms with van der Waals surface area (Å²) in [6.45, 7) is 3.29. The highest BCUT2D eigenvalue weighted by Crippen LogP contribution is 2.27. The molecular weight excluding hydrogens is 336 g/mol. The highest BCUT2D eigenvalue weighted by Gasteiger charge is 2.04. The fraction of sp³-hybridized carbons (Fsp3) is 0.200. The van der Waals surface area contributed by atoms with Gasteiger partial charge in [-0.1, -0.05) is 6.07 Å². The molecule has 0 radical (unpaired) electrons. The second kappa shape index (κ2) is 7.08. The van der Waals surface area contributed by atoms with Crippen LogP contribution in [0, 0.1) is 0 Å². The number of rotatable bonds is 6. The maximum absolute atomic E-state index is 10.5. The molecule has 2 aromatic rings. The van der Waals surface area contributed by atoms with Crippen LogP contribution in [0.25, 0.3) is 6.08 Å². The molecule has 0 amide bonds. The minimum absolute atomic E-state index is 0.433. The van der Waals surface area contributed by atoms with Crippen LogP contribution in [0.1, 0.15) is 18.1 Å². The molecule has 0 aliphatic carbocycles. The summed E-state index contributed by atoms with van der Waals surface area (Å²) in [5.41, 5.74) is 1.79. The molecule has 0 atom stereocenters. The number of hydrogen-bond donors (Lipinski definition) is 1. The van der Waals surface area contributed by atoms with Crippen molar-refractivity contribution in [1.29, 1.82) is 0 Å². The first kappa shape index (κ1) is 15.3. The Hall–Kier alpha value is -2.08. The second-order valence-electron chi connectivity index (χ2n) is 4.35. The molecule has 1 heterocycles. The first-order valence-corrected chi connectivity index (χ1v) is 7.22. The van der Waals surface area contributed by atoms with E-state index >= 15 is 0 Å². The average Bonchev–Trinajstić information content (AvgIpc) is 2.92. The van der Waals surface area contributed by atoms with Crippen LogP contribution in [0.2, 0.25) is 0 Å². The number of aliphatic carboxylic acids is 1. The maximum Gasteiger partial charge on any atom is 0.328 e. The summed E-state index contributed by atoms with van der Waals surface area (Å²) in [7, 11) is 0. The molecule has 0 unspecified atom stereocenters. The van der Waals surface area contributed by atoms with E-state index in [0.29, 0.717) is 12.4 Å². The van der Waals surface area contributed by atoms with Gasteiger partial charge in [0.15, 0.2) is 0 Å². The number of nitrogens with zero attached hydrogens (tertiary/aromatic N) is 2. The zero-order chi connectivity index (χ0) is 15.2. The molecule has 21 heavy (non-hydrogen) atoms. The predicted molar refractivity (Wildman–Crippen MR) is 83.0 cm³/mol. The molecule has 6 heteroatoms. The standard InChI is InChI=1S/C15H15BrN2O3/c1-2-18-9-12(8-17-18)10-21-14-5-3-11(7-13(14)16)4-6-15(19)20/h3-9H,2,10H2,1H3,(H,19,20). The van der Waals surface area contributed by atoms with Gasteiger partial charge in [-0.05, 0) is 46.6 Å². The van der Waals surface area contributed by atoms with Gasteiger partial charge in [-0.15, -0.1) is 0 Å². The molecule has 0 saturated carbocycles. The smallest absolute Gasteiger partial charge is 0.328 e. The van der Waals surface area contributed by atoms with Gasteiger partial charge >= 0.3 is 5.97 Å². The lowest BCUT2D eigenvalue weighted by Crippen LogP contribution is -1.96. The summed E-state index contributed by atoms with van der Waals surface area (Å²) < 4.78 is 8.34. The largest absolute Gasteiger partial charge is 0.488 e. The molecule has 0 bridgehead atoms. The first-order valence-electron chi connectivity index (χ1n) is 6.43. The number of aromatic nitrogens is 2. The van der Waals surface area contributed by atoms with Crippen molar-refractivity contribution in [3.63, 3.8) is 0 Å². The second-order valence-corrected chi connectivity index (χ2v) is 5.21. The van der Waals surface area contributed by atoms with Crippen molar-refractivity contribution in [2.75, 3.05) is 0 Å². The lowest BCUT2D eigenvalue weighted by molar-refractivity contribution is -0.131. The van der Waals surface area contributed by atoms with E-state index in [-0.39, 0.29) is 0 Å². The molecule has 1 aromatic carbocycles. The summed E-state index contributed by atoms with van der Waals surface area (Å²) in [4.78, 5) is 10.5. The third-order valence-electron chi connectivity index (χ3n) is 2.78. The highest BCUT2D eigenvalue weighted by atomic mass is 79.9. The highest BCUT2D eigenvalue weighted by molar-refractivity contribution is 9.10. The Kier molecular flexibility index (Phi) is 5.16. The lowest BCUT2D eigenvalue weighted by Gasteiger charge is -2.07. The molecule has 0 aliphatic rings. The van der Waals surface area contributed by atoms with Crippen molar-refractivity contribution < 1.29 is 14.6 Å². The molecule has 110 valence electrons. The van der Waals surface area contributed by atoms with E-state index in [1.807, 2.05) is 23.9 Å².